The number of nitrogens with one attached hydrogen (secondary N) is 2. The SMILES string of the molecule is C[C@@H](Sc1nnc(CCC(=O)Nc2ccccc2Cl)n1C)C(=O)Nc1nccs1. The highest BCUT2D eigenvalue weighted by Crippen LogP contribution is 2.24. The van der Waals surface area contributed by atoms with Crippen molar-refractivity contribution in [2.45, 2.75) is 30.2 Å². The van der Waals surface area contributed by atoms with Gasteiger partial charge in [-0.3, -0.25) is 9.59 Å². The van der Waals surface area contributed by atoms with Gasteiger partial charge in [0.15, 0.2) is 10.3 Å². The van der Waals surface area contributed by atoms with Crippen molar-refractivity contribution < 1.29 is 9.59 Å². The smallest absolute Gasteiger partial charge is 0.239 e. The van der Waals surface area contributed by atoms with E-state index in [2.05, 4.69) is 25.8 Å². The van der Waals surface area contributed by atoms with Gasteiger partial charge in [0.25, 0.3) is 0 Å². The number of carbonyl (C=O) groups excluding carboxylic acids is 2. The van der Waals surface area contributed by atoms with Crippen molar-refractivity contribution >= 4 is 57.3 Å². The van der Waals surface area contributed by atoms with E-state index in [4.69, 9.17) is 11.6 Å². The Balaban J connectivity index is 1.53. The standard InChI is InChI=1S/C18H19ClN6O2S2/c1-11(16(27)22-17-20-9-10-28-17)29-18-24-23-14(25(18)2)7-8-15(26)21-13-6-4-3-5-12(13)19/h3-6,9-11H,7-8H2,1-2H3,(H,21,26)(H,20,22,27)/t11-/m1/s1. The molecule has 0 aliphatic carbocycles. The van der Waals surface area contributed by atoms with Crippen LogP contribution in [0.1, 0.15) is 19.2 Å². The molecule has 2 heterocycles. The van der Waals surface area contributed by atoms with Gasteiger partial charge in [0.1, 0.15) is 5.82 Å². The highest BCUT2D eigenvalue weighted by atomic mass is 35.5. The summed E-state index contributed by atoms with van der Waals surface area (Å²) in [5.41, 5.74) is 0.577. The summed E-state index contributed by atoms with van der Waals surface area (Å²) in [6, 6.07) is 7.07. The first kappa shape index (κ1) is 21.3. The summed E-state index contributed by atoms with van der Waals surface area (Å²) in [7, 11) is 1.81. The molecule has 29 heavy (non-hydrogen) atoms. The van der Waals surface area contributed by atoms with E-state index >= 15 is 0 Å². The van der Waals surface area contributed by atoms with Crippen LogP contribution in [0.5, 0.6) is 0 Å². The number of para-hydroxylation sites is 1. The van der Waals surface area contributed by atoms with Gasteiger partial charge in [-0.15, -0.1) is 21.5 Å². The van der Waals surface area contributed by atoms with Crippen LogP contribution in [0.2, 0.25) is 5.02 Å². The number of benzene rings is 1. The summed E-state index contributed by atoms with van der Waals surface area (Å²) in [6.07, 6.45) is 2.29. The Morgan fingerprint density at radius 3 is 2.79 bits per heavy atom. The molecule has 2 aromatic heterocycles. The van der Waals surface area contributed by atoms with Crippen LogP contribution in [-0.4, -0.2) is 36.8 Å². The van der Waals surface area contributed by atoms with Gasteiger partial charge < -0.3 is 15.2 Å². The first-order chi connectivity index (χ1) is 13.9. The highest BCUT2D eigenvalue weighted by Gasteiger charge is 2.20. The lowest BCUT2D eigenvalue weighted by molar-refractivity contribution is -0.116. The number of carbonyl (C=O) groups is 2. The third kappa shape index (κ3) is 5.78. The summed E-state index contributed by atoms with van der Waals surface area (Å²) in [5.74, 6) is 0.342. The molecule has 0 unspecified atom stereocenters. The normalized spacial score (nSPS) is 11.8. The molecule has 2 N–H and O–H groups in total. The van der Waals surface area contributed by atoms with Crippen molar-refractivity contribution in [1.82, 2.24) is 19.7 Å². The van der Waals surface area contributed by atoms with E-state index in [0.29, 0.717) is 33.2 Å². The highest BCUT2D eigenvalue weighted by molar-refractivity contribution is 8.00. The van der Waals surface area contributed by atoms with Crippen LogP contribution < -0.4 is 10.6 Å². The Morgan fingerprint density at radius 1 is 1.28 bits per heavy atom. The zero-order valence-corrected chi connectivity index (χ0v) is 18.1. The number of hydrogen-bond acceptors (Lipinski definition) is 7. The second kappa shape index (κ2) is 9.86. The van der Waals surface area contributed by atoms with E-state index in [9.17, 15) is 9.59 Å². The minimum Gasteiger partial charge on any atom is -0.325 e. The van der Waals surface area contributed by atoms with Gasteiger partial charge in [-0.05, 0) is 19.1 Å². The van der Waals surface area contributed by atoms with Crippen molar-refractivity contribution in [3.63, 3.8) is 0 Å². The summed E-state index contributed by atoms with van der Waals surface area (Å²) in [6.45, 7) is 1.79. The maximum Gasteiger partial charge on any atom is 0.239 e. The van der Waals surface area contributed by atoms with Crippen LogP contribution in [0.3, 0.4) is 0 Å². The first-order valence-electron chi connectivity index (χ1n) is 8.73. The molecule has 11 heteroatoms. The van der Waals surface area contributed by atoms with Crippen molar-refractivity contribution in [2.75, 3.05) is 10.6 Å². The number of hydrogen-bond donors (Lipinski definition) is 2. The molecule has 3 aromatic rings. The van der Waals surface area contributed by atoms with Crippen LogP contribution in [-0.2, 0) is 23.1 Å². The predicted molar refractivity (Wildman–Crippen MR) is 115 cm³/mol. The lowest BCUT2D eigenvalue weighted by atomic mass is 10.2. The molecule has 0 aliphatic rings. The predicted octanol–water partition coefficient (Wildman–Crippen LogP) is 3.62. The van der Waals surface area contributed by atoms with E-state index in [0.717, 1.165) is 0 Å². The van der Waals surface area contributed by atoms with Crippen molar-refractivity contribution in [3.05, 3.63) is 46.7 Å². The fourth-order valence-corrected chi connectivity index (χ4v) is 3.92. The molecule has 0 fully saturated rings. The van der Waals surface area contributed by atoms with Crippen molar-refractivity contribution in [1.29, 1.82) is 0 Å². The zero-order chi connectivity index (χ0) is 20.8. The average molecular weight is 451 g/mol. The first-order valence-corrected chi connectivity index (χ1v) is 10.9. The quantitative estimate of drug-likeness (QED) is 0.508. The van der Waals surface area contributed by atoms with Crippen molar-refractivity contribution in [2.24, 2.45) is 7.05 Å². The van der Waals surface area contributed by atoms with Gasteiger partial charge in [-0.1, -0.05) is 35.5 Å². The number of nitrogens with zero attached hydrogens (tertiary/aromatic N) is 4. The lowest BCUT2D eigenvalue weighted by Gasteiger charge is -2.10. The molecule has 0 spiro atoms. The monoisotopic (exact) mass is 450 g/mol. The summed E-state index contributed by atoms with van der Waals surface area (Å²) < 4.78 is 1.79. The number of thioether (sulfide) groups is 1. The van der Waals surface area contributed by atoms with Crippen LogP contribution in [0, 0.1) is 0 Å². The number of rotatable bonds is 8. The third-order valence-electron chi connectivity index (χ3n) is 3.96. The molecule has 1 aromatic carbocycles. The number of thiazole rings is 1. The maximum absolute atomic E-state index is 12.3. The maximum atomic E-state index is 12.3. The molecule has 152 valence electrons. The van der Waals surface area contributed by atoms with Gasteiger partial charge in [-0.25, -0.2) is 4.98 Å². The minimum atomic E-state index is -0.377. The molecule has 0 saturated carbocycles. The van der Waals surface area contributed by atoms with Gasteiger partial charge in [0, 0.05) is 31.5 Å². The zero-order valence-electron chi connectivity index (χ0n) is 15.8. The van der Waals surface area contributed by atoms with E-state index in [1.165, 1.54) is 23.1 Å². The second-order valence-corrected chi connectivity index (χ2v) is 8.68. The summed E-state index contributed by atoms with van der Waals surface area (Å²) in [5, 5.41) is 16.9. The van der Waals surface area contributed by atoms with E-state index in [1.54, 1.807) is 47.3 Å². The Kier molecular flexibility index (Phi) is 7.24. The number of aryl methyl sites for hydroxylation is 1. The Morgan fingerprint density at radius 2 is 2.07 bits per heavy atom. The Hall–Kier alpha value is -2.43. The van der Waals surface area contributed by atoms with E-state index < -0.39 is 0 Å². The lowest BCUT2D eigenvalue weighted by Crippen LogP contribution is -2.22. The van der Waals surface area contributed by atoms with Gasteiger partial charge >= 0.3 is 0 Å². The molecular weight excluding hydrogens is 432 g/mol. The number of aromatic nitrogens is 4. The molecule has 0 bridgehead atoms. The molecule has 8 nitrogen and oxygen atoms in total. The topological polar surface area (TPSA) is 102 Å². The molecule has 1 atom stereocenters. The molecule has 2 amide bonds. The second-order valence-electron chi connectivity index (χ2n) is 6.07. The van der Waals surface area contributed by atoms with E-state index in [1.807, 2.05) is 7.05 Å². The summed E-state index contributed by atoms with van der Waals surface area (Å²) >= 11 is 8.71. The number of amides is 2. The third-order valence-corrected chi connectivity index (χ3v) is 6.11. The van der Waals surface area contributed by atoms with Crippen LogP contribution in [0.15, 0.2) is 41.0 Å². The molecular formula is C18H19ClN6O2S2. The Bertz CT molecular complexity index is 992. The Labute approximate surface area is 181 Å². The molecule has 0 aliphatic heterocycles. The van der Waals surface area contributed by atoms with Gasteiger partial charge in [-0.2, -0.15) is 0 Å². The molecule has 0 radical (unpaired) electrons. The van der Waals surface area contributed by atoms with Crippen LogP contribution in [0.4, 0.5) is 10.8 Å². The number of anilines is 2. The molecule has 3 rings (SSSR count). The van der Waals surface area contributed by atoms with Gasteiger partial charge in [0.2, 0.25) is 11.8 Å². The van der Waals surface area contributed by atoms with Gasteiger partial charge in [0.05, 0.1) is 16.0 Å². The van der Waals surface area contributed by atoms with E-state index in [-0.39, 0.29) is 23.5 Å². The average Bonchev–Trinajstić information content (AvgIpc) is 3.32. The molecule has 0 saturated heterocycles. The van der Waals surface area contributed by atoms with Crippen molar-refractivity contribution in [3.8, 4) is 0 Å². The number of halogens is 1. The minimum absolute atomic E-state index is 0.159. The summed E-state index contributed by atoms with van der Waals surface area (Å²) in [4.78, 5) is 28.5. The van der Waals surface area contributed by atoms with Crippen LogP contribution >= 0.6 is 34.7 Å². The van der Waals surface area contributed by atoms with Crippen LogP contribution in [0.25, 0.3) is 0 Å². The fourth-order valence-electron chi connectivity index (χ4n) is 2.37. The largest absolute Gasteiger partial charge is 0.325 e. The fraction of sp³-hybridized carbons (Fsp3) is 0.278.